The first-order valence-corrected chi connectivity index (χ1v) is 10.3. The lowest BCUT2D eigenvalue weighted by atomic mass is 10.2. The Labute approximate surface area is 179 Å². The zero-order valence-corrected chi connectivity index (χ0v) is 17.8. The molecule has 4 rings (SSSR count). The molecule has 0 unspecified atom stereocenters. The van der Waals surface area contributed by atoms with E-state index in [1.54, 1.807) is 23.1 Å². The van der Waals surface area contributed by atoms with Crippen LogP contribution in [0.3, 0.4) is 0 Å². The van der Waals surface area contributed by atoms with Gasteiger partial charge in [0.15, 0.2) is 0 Å². The molecule has 0 aliphatic rings. The molecule has 0 radical (unpaired) electrons. The van der Waals surface area contributed by atoms with Gasteiger partial charge in [-0.2, -0.15) is 5.10 Å². The fraction of sp³-hybridized carbons (Fsp3) is 0.182. The van der Waals surface area contributed by atoms with Crippen LogP contribution in [0.25, 0.3) is 10.7 Å². The van der Waals surface area contributed by atoms with Crippen molar-refractivity contribution in [3.8, 4) is 10.7 Å². The number of benzene rings is 1. The number of rotatable bonds is 6. The zero-order valence-electron chi connectivity index (χ0n) is 17.0. The second-order valence-electron chi connectivity index (χ2n) is 7.04. The molecule has 0 saturated carbocycles. The van der Waals surface area contributed by atoms with Crippen LogP contribution < -0.4 is 10.2 Å². The molecule has 8 heteroatoms. The molecule has 7 nitrogen and oxygen atoms in total. The van der Waals surface area contributed by atoms with Crippen LogP contribution in [-0.4, -0.2) is 39.8 Å². The van der Waals surface area contributed by atoms with E-state index in [2.05, 4.69) is 49.5 Å². The number of pyridine rings is 1. The van der Waals surface area contributed by atoms with Gasteiger partial charge in [-0.1, -0.05) is 18.2 Å². The summed E-state index contributed by atoms with van der Waals surface area (Å²) >= 11 is 1.34. The van der Waals surface area contributed by atoms with Crippen molar-refractivity contribution in [1.82, 2.24) is 19.7 Å². The van der Waals surface area contributed by atoms with Crippen molar-refractivity contribution in [2.75, 3.05) is 24.3 Å². The Balaban J connectivity index is 1.50. The molecule has 3 aromatic heterocycles. The van der Waals surface area contributed by atoms with Gasteiger partial charge >= 0.3 is 0 Å². The number of amides is 1. The first kappa shape index (κ1) is 19.8. The molecule has 0 fully saturated rings. The van der Waals surface area contributed by atoms with Gasteiger partial charge in [0.2, 0.25) is 0 Å². The summed E-state index contributed by atoms with van der Waals surface area (Å²) < 4.78 is 1.78. The van der Waals surface area contributed by atoms with E-state index in [1.807, 2.05) is 39.2 Å². The molecule has 1 amide bonds. The molecule has 30 heavy (non-hydrogen) atoms. The largest absolute Gasteiger partial charge is 0.378 e. The van der Waals surface area contributed by atoms with Crippen LogP contribution in [0.1, 0.15) is 20.9 Å². The highest BCUT2D eigenvalue weighted by Gasteiger charge is 2.18. The van der Waals surface area contributed by atoms with Gasteiger partial charge in [-0.15, -0.1) is 11.3 Å². The van der Waals surface area contributed by atoms with E-state index in [0.29, 0.717) is 22.9 Å². The third-order valence-corrected chi connectivity index (χ3v) is 5.81. The standard InChI is InChI=1S/C22H22N6OS/c1-15-20(30-22(25-15)18-6-4-5-12-23-18)21(29)26-19-11-13-24-28(19)14-16-7-9-17(10-8-16)27(2)3/h4-13H,14H2,1-3H3,(H,26,29). The maximum atomic E-state index is 12.9. The minimum absolute atomic E-state index is 0.197. The van der Waals surface area contributed by atoms with Crippen molar-refractivity contribution < 1.29 is 4.79 Å². The zero-order chi connectivity index (χ0) is 21.1. The van der Waals surface area contributed by atoms with Gasteiger partial charge in [0, 0.05) is 32.0 Å². The fourth-order valence-corrected chi connectivity index (χ4v) is 3.95. The van der Waals surface area contributed by atoms with E-state index in [1.165, 1.54) is 11.3 Å². The summed E-state index contributed by atoms with van der Waals surface area (Å²) in [5, 5.41) is 8.06. The lowest BCUT2D eigenvalue weighted by Gasteiger charge is -2.13. The number of anilines is 2. The average molecular weight is 419 g/mol. The summed E-state index contributed by atoms with van der Waals surface area (Å²) in [4.78, 5) is 24.3. The average Bonchev–Trinajstić information content (AvgIpc) is 3.35. The van der Waals surface area contributed by atoms with Crippen LogP contribution in [0, 0.1) is 6.92 Å². The third kappa shape index (κ3) is 4.23. The van der Waals surface area contributed by atoms with Crippen LogP contribution in [-0.2, 0) is 6.54 Å². The summed E-state index contributed by atoms with van der Waals surface area (Å²) in [6.07, 6.45) is 3.40. The van der Waals surface area contributed by atoms with E-state index < -0.39 is 0 Å². The summed E-state index contributed by atoms with van der Waals surface area (Å²) in [7, 11) is 4.02. The maximum Gasteiger partial charge on any atom is 0.268 e. The predicted molar refractivity (Wildman–Crippen MR) is 120 cm³/mol. The second-order valence-corrected chi connectivity index (χ2v) is 8.04. The number of thiazole rings is 1. The number of hydrogen-bond acceptors (Lipinski definition) is 6. The van der Waals surface area contributed by atoms with E-state index in [-0.39, 0.29) is 5.91 Å². The SMILES string of the molecule is Cc1nc(-c2ccccn2)sc1C(=O)Nc1ccnn1Cc1ccc(N(C)C)cc1. The molecule has 0 atom stereocenters. The lowest BCUT2D eigenvalue weighted by Crippen LogP contribution is -2.16. The Hall–Kier alpha value is -3.52. The molecule has 1 N–H and O–H groups in total. The van der Waals surface area contributed by atoms with Crippen LogP contribution in [0.2, 0.25) is 0 Å². The summed E-state index contributed by atoms with van der Waals surface area (Å²) in [5.74, 6) is 0.445. The summed E-state index contributed by atoms with van der Waals surface area (Å²) in [6.45, 7) is 2.40. The monoisotopic (exact) mass is 418 g/mol. The van der Waals surface area contributed by atoms with Crippen LogP contribution in [0.15, 0.2) is 60.9 Å². The van der Waals surface area contributed by atoms with Crippen molar-refractivity contribution in [3.05, 3.63) is 77.1 Å². The lowest BCUT2D eigenvalue weighted by molar-refractivity contribution is 0.102. The Morgan fingerprint density at radius 3 is 2.60 bits per heavy atom. The number of carbonyl (C=O) groups is 1. The number of hydrogen-bond donors (Lipinski definition) is 1. The van der Waals surface area contributed by atoms with Crippen molar-refractivity contribution >= 4 is 28.7 Å². The van der Waals surface area contributed by atoms with Gasteiger partial charge in [-0.25, -0.2) is 9.67 Å². The molecule has 1 aromatic carbocycles. The molecule has 4 aromatic rings. The molecule has 3 heterocycles. The topological polar surface area (TPSA) is 75.9 Å². The number of aromatic nitrogens is 4. The van der Waals surface area contributed by atoms with E-state index in [9.17, 15) is 4.79 Å². The third-order valence-electron chi connectivity index (χ3n) is 4.63. The smallest absolute Gasteiger partial charge is 0.268 e. The molecule has 0 aliphatic heterocycles. The first-order chi connectivity index (χ1) is 14.5. The molecular weight excluding hydrogens is 396 g/mol. The first-order valence-electron chi connectivity index (χ1n) is 9.49. The quantitative estimate of drug-likeness (QED) is 0.511. The van der Waals surface area contributed by atoms with Crippen LogP contribution >= 0.6 is 11.3 Å². The van der Waals surface area contributed by atoms with E-state index in [4.69, 9.17) is 0 Å². The van der Waals surface area contributed by atoms with Gasteiger partial charge in [-0.05, 0) is 36.8 Å². The number of nitrogens with one attached hydrogen (secondary N) is 1. The van der Waals surface area contributed by atoms with Crippen molar-refractivity contribution in [2.45, 2.75) is 13.5 Å². The highest BCUT2D eigenvalue weighted by Crippen LogP contribution is 2.27. The normalized spacial score (nSPS) is 10.8. The molecule has 0 bridgehead atoms. The van der Waals surface area contributed by atoms with Gasteiger partial charge < -0.3 is 10.2 Å². The Bertz CT molecular complexity index is 1150. The predicted octanol–water partition coefficient (Wildman–Crippen LogP) is 4.08. The molecule has 152 valence electrons. The number of carbonyl (C=O) groups excluding carboxylic acids is 1. The van der Waals surface area contributed by atoms with Crippen molar-refractivity contribution in [2.24, 2.45) is 0 Å². The Kier molecular flexibility index (Phi) is 5.58. The van der Waals surface area contributed by atoms with Gasteiger partial charge in [0.05, 0.1) is 24.1 Å². The second kappa shape index (κ2) is 8.46. The number of nitrogens with zero attached hydrogens (tertiary/aromatic N) is 5. The Morgan fingerprint density at radius 2 is 1.90 bits per heavy atom. The highest BCUT2D eigenvalue weighted by molar-refractivity contribution is 7.17. The summed E-state index contributed by atoms with van der Waals surface area (Å²) in [6, 6.07) is 15.7. The Morgan fingerprint density at radius 1 is 1.10 bits per heavy atom. The highest BCUT2D eigenvalue weighted by atomic mass is 32.1. The molecule has 0 spiro atoms. The minimum atomic E-state index is -0.197. The summed E-state index contributed by atoms with van der Waals surface area (Å²) in [5.41, 5.74) is 3.68. The van der Waals surface area contributed by atoms with Crippen molar-refractivity contribution in [3.63, 3.8) is 0 Å². The number of aryl methyl sites for hydroxylation is 1. The fourth-order valence-electron chi connectivity index (χ4n) is 3.02. The van der Waals surface area contributed by atoms with Crippen LogP contribution in [0.5, 0.6) is 0 Å². The van der Waals surface area contributed by atoms with Gasteiger partial charge in [0.25, 0.3) is 5.91 Å². The van der Waals surface area contributed by atoms with Crippen molar-refractivity contribution in [1.29, 1.82) is 0 Å². The molecular formula is C22H22N6OS. The van der Waals surface area contributed by atoms with Gasteiger partial charge in [0.1, 0.15) is 15.7 Å². The van der Waals surface area contributed by atoms with E-state index >= 15 is 0 Å². The molecule has 0 saturated heterocycles. The van der Waals surface area contributed by atoms with E-state index in [0.717, 1.165) is 22.0 Å². The maximum absolute atomic E-state index is 12.9. The molecule has 0 aliphatic carbocycles. The minimum Gasteiger partial charge on any atom is -0.378 e. The van der Waals surface area contributed by atoms with Gasteiger partial charge in [-0.3, -0.25) is 9.78 Å². The van der Waals surface area contributed by atoms with Crippen LogP contribution in [0.4, 0.5) is 11.5 Å².